The van der Waals surface area contributed by atoms with Crippen LogP contribution in [0.4, 0.5) is 0 Å². The van der Waals surface area contributed by atoms with Crippen molar-refractivity contribution in [3.05, 3.63) is 29.1 Å². The van der Waals surface area contributed by atoms with E-state index in [1.54, 1.807) is 11.1 Å². The molecule has 0 bridgehead atoms. The van der Waals surface area contributed by atoms with Crippen LogP contribution in [0.5, 0.6) is 0 Å². The maximum absolute atomic E-state index is 4.69. The van der Waals surface area contributed by atoms with Gasteiger partial charge >= 0.3 is 0 Å². The van der Waals surface area contributed by atoms with Crippen molar-refractivity contribution in [2.24, 2.45) is 5.92 Å². The maximum Gasteiger partial charge on any atom is 0.0466 e. The van der Waals surface area contributed by atoms with Crippen molar-refractivity contribution in [1.29, 1.82) is 0 Å². The molecule has 0 N–H and O–H groups in total. The summed E-state index contributed by atoms with van der Waals surface area (Å²) in [6.45, 7) is 9.26. The number of fused-ring (bicyclic) bond motifs is 1. The van der Waals surface area contributed by atoms with Crippen molar-refractivity contribution in [2.75, 3.05) is 11.5 Å². The van der Waals surface area contributed by atoms with Crippen molar-refractivity contribution < 1.29 is 0 Å². The van der Waals surface area contributed by atoms with E-state index in [0.717, 1.165) is 0 Å². The van der Waals surface area contributed by atoms with Gasteiger partial charge < -0.3 is 0 Å². The second-order valence-electron chi connectivity index (χ2n) is 5.93. The van der Waals surface area contributed by atoms with Gasteiger partial charge in [-0.05, 0) is 59.3 Å². The fraction of sp³-hybridized carbons (Fsp3) is 0.688. The minimum Gasteiger partial charge on any atom is -0.261 e. The molecule has 1 unspecified atom stereocenters. The third-order valence-corrected chi connectivity index (χ3v) is 4.94. The highest BCUT2D eigenvalue weighted by Gasteiger charge is 2.25. The average molecular weight is 263 g/mol. The standard InChI is InChI=1S/C16H25NS/c1-11(2)14-7-10-18-9-6-13-5-8-17-16(12(3)4)15(13)14/h5,8,11-12,14H,6-7,9-10H2,1-4H3. The first kappa shape index (κ1) is 13.9. The van der Waals surface area contributed by atoms with E-state index in [0.29, 0.717) is 17.8 Å². The van der Waals surface area contributed by atoms with Crippen LogP contribution in [-0.4, -0.2) is 16.5 Å². The lowest BCUT2D eigenvalue weighted by Crippen LogP contribution is -2.17. The molecule has 1 aliphatic heterocycles. The quantitative estimate of drug-likeness (QED) is 0.772. The Kier molecular flexibility index (Phi) is 4.71. The van der Waals surface area contributed by atoms with Crippen LogP contribution in [0.1, 0.15) is 62.8 Å². The molecular formula is C16H25NS. The Balaban J connectivity index is 2.51. The predicted octanol–water partition coefficient (Wildman–Crippen LogP) is 4.62. The van der Waals surface area contributed by atoms with E-state index >= 15 is 0 Å². The van der Waals surface area contributed by atoms with Gasteiger partial charge in [0.05, 0.1) is 0 Å². The highest BCUT2D eigenvalue weighted by molar-refractivity contribution is 7.99. The molecule has 0 amide bonds. The van der Waals surface area contributed by atoms with E-state index in [2.05, 4.69) is 50.5 Å². The minimum absolute atomic E-state index is 0.535. The molecule has 0 fully saturated rings. The minimum atomic E-state index is 0.535. The Labute approximate surface area is 116 Å². The Hall–Kier alpha value is -0.500. The summed E-state index contributed by atoms with van der Waals surface area (Å²) in [6.07, 6.45) is 4.53. The third-order valence-electron chi connectivity index (χ3n) is 3.92. The molecule has 1 aromatic heterocycles. The van der Waals surface area contributed by atoms with Crippen LogP contribution in [0, 0.1) is 5.92 Å². The van der Waals surface area contributed by atoms with Crippen LogP contribution < -0.4 is 0 Å². The first-order valence-electron chi connectivity index (χ1n) is 7.16. The smallest absolute Gasteiger partial charge is 0.0466 e. The molecule has 0 spiro atoms. The normalized spacial score (nSPS) is 20.7. The molecule has 1 aromatic rings. The van der Waals surface area contributed by atoms with Crippen molar-refractivity contribution in [3.8, 4) is 0 Å². The van der Waals surface area contributed by atoms with Crippen LogP contribution in [-0.2, 0) is 6.42 Å². The van der Waals surface area contributed by atoms with Crippen LogP contribution in [0.25, 0.3) is 0 Å². The van der Waals surface area contributed by atoms with Gasteiger partial charge in [0.2, 0.25) is 0 Å². The number of pyridine rings is 1. The van der Waals surface area contributed by atoms with Gasteiger partial charge in [0.15, 0.2) is 0 Å². The monoisotopic (exact) mass is 263 g/mol. The Morgan fingerprint density at radius 3 is 2.67 bits per heavy atom. The molecule has 1 aliphatic rings. The van der Waals surface area contributed by atoms with Crippen molar-refractivity contribution in [3.63, 3.8) is 0 Å². The zero-order valence-corrected chi connectivity index (χ0v) is 12.9. The fourth-order valence-corrected chi connectivity index (χ4v) is 3.93. The Morgan fingerprint density at radius 2 is 2.00 bits per heavy atom. The number of rotatable bonds is 2. The first-order valence-corrected chi connectivity index (χ1v) is 8.32. The van der Waals surface area contributed by atoms with Crippen molar-refractivity contribution in [2.45, 2.75) is 52.4 Å². The number of aryl methyl sites for hydroxylation is 1. The van der Waals surface area contributed by atoms with Gasteiger partial charge in [-0.15, -0.1) is 0 Å². The van der Waals surface area contributed by atoms with Gasteiger partial charge in [-0.3, -0.25) is 4.98 Å². The molecule has 2 heteroatoms. The molecule has 1 nitrogen and oxygen atoms in total. The number of thioether (sulfide) groups is 1. The summed E-state index contributed by atoms with van der Waals surface area (Å²) in [5.74, 6) is 4.50. The fourth-order valence-electron chi connectivity index (χ4n) is 2.94. The number of hydrogen-bond acceptors (Lipinski definition) is 2. The van der Waals surface area contributed by atoms with E-state index in [1.165, 1.54) is 30.0 Å². The molecule has 0 aromatic carbocycles. The molecule has 2 rings (SSSR count). The lowest BCUT2D eigenvalue weighted by molar-refractivity contribution is 0.476. The zero-order valence-electron chi connectivity index (χ0n) is 12.1. The molecule has 1 atom stereocenters. The van der Waals surface area contributed by atoms with Crippen LogP contribution in [0.15, 0.2) is 12.3 Å². The maximum atomic E-state index is 4.69. The summed E-state index contributed by atoms with van der Waals surface area (Å²) >= 11 is 2.11. The molecule has 0 radical (unpaired) electrons. The third kappa shape index (κ3) is 2.90. The van der Waals surface area contributed by atoms with Crippen LogP contribution in [0.2, 0.25) is 0 Å². The molecule has 100 valence electrons. The molecule has 2 heterocycles. The van der Waals surface area contributed by atoms with Gasteiger partial charge in [0, 0.05) is 11.9 Å². The average Bonchev–Trinajstić information content (AvgIpc) is 2.28. The van der Waals surface area contributed by atoms with Gasteiger partial charge in [0.25, 0.3) is 0 Å². The summed E-state index contributed by atoms with van der Waals surface area (Å²) < 4.78 is 0. The number of aromatic nitrogens is 1. The van der Waals surface area contributed by atoms with E-state index < -0.39 is 0 Å². The second kappa shape index (κ2) is 6.10. The molecule has 0 aliphatic carbocycles. The van der Waals surface area contributed by atoms with Crippen molar-refractivity contribution in [1.82, 2.24) is 4.98 Å². The molecule has 0 saturated carbocycles. The summed E-state index contributed by atoms with van der Waals surface area (Å²) in [5.41, 5.74) is 4.49. The molecule has 0 saturated heterocycles. The summed E-state index contributed by atoms with van der Waals surface area (Å²) in [6, 6.07) is 2.25. The van der Waals surface area contributed by atoms with E-state index in [-0.39, 0.29) is 0 Å². The lowest BCUT2D eigenvalue weighted by Gasteiger charge is -2.29. The Bertz CT molecular complexity index is 398. The van der Waals surface area contributed by atoms with E-state index in [1.807, 2.05) is 6.20 Å². The number of nitrogens with zero attached hydrogens (tertiary/aromatic N) is 1. The number of hydrogen-bond donors (Lipinski definition) is 0. The van der Waals surface area contributed by atoms with Crippen LogP contribution >= 0.6 is 11.8 Å². The molecule has 18 heavy (non-hydrogen) atoms. The van der Waals surface area contributed by atoms with Crippen LogP contribution in [0.3, 0.4) is 0 Å². The van der Waals surface area contributed by atoms with Gasteiger partial charge in [-0.25, -0.2) is 0 Å². The lowest BCUT2D eigenvalue weighted by atomic mass is 9.80. The summed E-state index contributed by atoms with van der Waals surface area (Å²) in [5, 5.41) is 0. The summed E-state index contributed by atoms with van der Waals surface area (Å²) in [7, 11) is 0. The van der Waals surface area contributed by atoms with Gasteiger partial charge in [0.1, 0.15) is 0 Å². The predicted molar refractivity (Wildman–Crippen MR) is 81.6 cm³/mol. The molecular weight excluding hydrogens is 238 g/mol. The topological polar surface area (TPSA) is 12.9 Å². The van der Waals surface area contributed by atoms with E-state index in [9.17, 15) is 0 Å². The van der Waals surface area contributed by atoms with E-state index in [4.69, 9.17) is 0 Å². The Morgan fingerprint density at radius 1 is 1.22 bits per heavy atom. The second-order valence-corrected chi connectivity index (χ2v) is 7.15. The van der Waals surface area contributed by atoms with Gasteiger partial charge in [-0.2, -0.15) is 11.8 Å². The largest absolute Gasteiger partial charge is 0.261 e. The van der Waals surface area contributed by atoms with Crippen molar-refractivity contribution >= 4 is 11.8 Å². The first-order chi connectivity index (χ1) is 8.61. The zero-order chi connectivity index (χ0) is 13.1. The van der Waals surface area contributed by atoms with Gasteiger partial charge in [-0.1, -0.05) is 27.7 Å². The highest BCUT2D eigenvalue weighted by Crippen LogP contribution is 2.37. The highest BCUT2D eigenvalue weighted by atomic mass is 32.2. The summed E-state index contributed by atoms with van der Waals surface area (Å²) in [4.78, 5) is 4.69. The SMILES string of the molecule is CC(C)c1nccc2c1C(C(C)C)CCSCC2.